The van der Waals surface area contributed by atoms with Crippen molar-refractivity contribution in [1.29, 1.82) is 0 Å². The number of hydrogen-bond donors (Lipinski definition) is 3. The summed E-state index contributed by atoms with van der Waals surface area (Å²) in [4.78, 5) is 11.8. The first-order valence-corrected chi connectivity index (χ1v) is 9.48. The van der Waals surface area contributed by atoms with Crippen LogP contribution in [0.1, 0.15) is 60.8 Å². The minimum Gasteiger partial charge on any atom is -0.459 e. The van der Waals surface area contributed by atoms with Gasteiger partial charge in [-0.25, -0.2) is 0 Å². The van der Waals surface area contributed by atoms with Gasteiger partial charge in [-0.1, -0.05) is 36.8 Å². The molecule has 1 aliphatic heterocycles. The summed E-state index contributed by atoms with van der Waals surface area (Å²) in [7, 11) is 0. The van der Waals surface area contributed by atoms with E-state index in [1.807, 2.05) is 52.0 Å². The molecule has 1 rings (SSSR count). The average molecular weight is 379 g/mol. The molecule has 0 bridgehead atoms. The molecule has 5 nitrogen and oxygen atoms in total. The van der Waals surface area contributed by atoms with E-state index in [1.54, 1.807) is 6.92 Å². The highest BCUT2D eigenvalue weighted by atomic mass is 16.6. The molecular formula is C22H34O5. The Labute approximate surface area is 162 Å². The highest BCUT2D eigenvalue weighted by Crippen LogP contribution is 2.31. The monoisotopic (exact) mass is 378 g/mol. The molecule has 0 radical (unpaired) electrons. The smallest absolute Gasteiger partial charge is 0.269 e. The Bertz CT molecular complexity index is 652. The lowest BCUT2D eigenvalue weighted by atomic mass is 9.97. The Morgan fingerprint density at radius 1 is 1.30 bits per heavy atom. The van der Waals surface area contributed by atoms with E-state index in [-0.39, 0.29) is 12.3 Å². The number of ketones is 1. The van der Waals surface area contributed by atoms with E-state index in [1.165, 1.54) is 6.92 Å². The van der Waals surface area contributed by atoms with E-state index in [0.29, 0.717) is 24.2 Å². The Hall–Kier alpha value is -1.69. The van der Waals surface area contributed by atoms with Crippen LogP contribution in [-0.2, 0) is 9.53 Å². The highest BCUT2D eigenvalue weighted by molar-refractivity contribution is 6.02. The van der Waals surface area contributed by atoms with Gasteiger partial charge in [-0.05, 0) is 46.1 Å². The van der Waals surface area contributed by atoms with Crippen LogP contribution in [0.15, 0.2) is 46.8 Å². The third-order valence-electron chi connectivity index (χ3n) is 5.01. The van der Waals surface area contributed by atoms with Gasteiger partial charge in [0.1, 0.15) is 5.76 Å². The van der Waals surface area contributed by atoms with Gasteiger partial charge in [0.05, 0.1) is 12.2 Å². The van der Waals surface area contributed by atoms with Gasteiger partial charge in [0.2, 0.25) is 5.78 Å². The summed E-state index contributed by atoms with van der Waals surface area (Å²) in [5.74, 6) is -1.88. The minimum absolute atomic E-state index is 0.0237. The molecule has 0 saturated heterocycles. The zero-order valence-electron chi connectivity index (χ0n) is 17.3. The Kier molecular flexibility index (Phi) is 8.66. The molecule has 0 aliphatic carbocycles. The van der Waals surface area contributed by atoms with Crippen LogP contribution < -0.4 is 0 Å². The largest absolute Gasteiger partial charge is 0.459 e. The van der Waals surface area contributed by atoms with Crippen molar-refractivity contribution in [2.24, 2.45) is 5.92 Å². The van der Waals surface area contributed by atoms with Gasteiger partial charge < -0.3 is 20.1 Å². The van der Waals surface area contributed by atoms with Crippen molar-refractivity contribution in [3.63, 3.8) is 0 Å². The van der Waals surface area contributed by atoms with Crippen LogP contribution in [0.3, 0.4) is 0 Å². The first kappa shape index (κ1) is 23.3. The Morgan fingerprint density at radius 3 is 2.44 bits per heavy atom. The van der Waals surface area contributed by atoms with E-state index in [2.05, 4.69) is 0 Å². The second kappa shape index (κ2) is 10.0. The third kappa shape index (κ3) is 6.76. The van der Waals surface area contributed by atoms with Crippen LogP contribution in [0.5, 0.6) is 0 Å². The molecule has 0 aromatic heterocycles. The summed E-state index contributed by atoms with van der Waals surface area (Å²) in [6.07, 6.45) is 8.10. The van der Waals surface area contributed by atoms with Crippen molar-refractivity contribution < 1.29 is 24.9 Å². The standard InChI is InChI=1S/C22H34O5/c1-7-15(3)20(24)16(4)10-8-9-14(2)11-12-18(23)13-19-17(5)21(25)22(6,26)27-19/h7-10,16,18,20,23-24,26H,11-13H2,1-6H3/b10-8+,14-9+,15-7+/t16-,18-,20+,22+/m1/s1. The van der Waals surface area contributed by atoms with Crippen LogP contribution in [-0.4, -0.2) is 39.1 Å². The van der Waals surface area contributed by atoms with Gasteiger partial charge in [-0.15, -0.1) is 0 Å². The van der Waals surface area contributed by atoms with Crippen molar-refractivity contribution in [2.75, 3.05) is 0 Å². The van der Waals surface area contributed by atoms with Crippen molar-refractivity contribution in [2.45, 2.75) is 78.8 Å². The molecule has 0 amide bonds. The van der Waals surface area contributed by atoms with Gasteiger partial charge in [-0.2, -0.15) is 0 Å². The van der Waals surface area contributed by atoms with Crippen LogP contribution in [0.25, 0.3) is 0 Å². The first-order valence-electron chi connectivity index (χ1n) is 9.48. The number of ether oxygens (including phenoxy) is 1. The van der Waals surface area contributed by atoms with Gasteiger partial charge in [0.15, 0.2) is 0 Å². The zero-order valence-corrected chi connectivity index (χ0v) is 17.3. The van der Waals surface area contributed by atoms with Crippen molar-refractivity contribution in [3.8, 4) is 0 Å². The van der Waals surface area contributed by atoms with E-state index in [9.17, 15) is 20.1 Å². The fourth-order valence-electron chi connectivity index (χ4n) is 2.91. The lowest BCUT2D eigenvalue weighted by molar-refractivity contribution is -0.171. The average Bonchev–Trinajstić information content (AvgIpc) is 2.80. The molecule has 0 saturated carbocycles. The molecule has 0 aromatic rings. The van der Waals surface area contributed by atoms with Gasteiger partial charge in [0, 0.05) is 24.8 Å². The molecule has 0 fully saturated rings. The van der Waals surface area contributed by atoms with E-state index >= 15 is 0 Å². The normalized spacial score (nSPS) is 25.1. The molecule has 152 valence electrons. The van der Waals surface area contributed by atoms with E-state index in [0.717, 1.165) is 11.1 Å². The maximum absolute atomic E-state index is 11.8. The van der Waals surface area contributed by atoms with Crippen LogP contribution in [0.2, 0.25) is 0 Å². The quantitative estimate of drug-likeness (QED) is 0.422. The minimum atomic E-state index is -1.81. The zero-order chi connectivity index (χ0) is 20.8. The number of rotatable bonds is 9. The highest BCUT2D eigenvalue weighted by Gasteiger charge is 2.42. The fraction of sp³-hybridized carbons (Fsp3) is 0.591. The number of aliphatic hydroxyl groups excluding tert-OH is 2. The maximum Gasteiger partial charge on any atom is 0.269 e. The van der Waals surface area contributed by atoms with Crippen molar-refractivity contribution in [1.82, 2.24) is 0 Å². The van der Waals surface area contributed by atoms with Crippen molar-refractivity contribution >= 4 is 5.78 Å². The molecule has 3 N–H and O–H groups in total. The Morgan fingerprint density at radius 2 is 1.93 bits per heavy atom. The molecule has 5 heteroatoms. The molecule has 0 spiro atoms. The van der Waals surface area contributed by atoms with Gasteiger partial charge in [0.25, 0.3) is 5.79 Å². The molecular weight excluding hydrogens is 344 g/mol. The summed E-state index contributed by atoms with van der Waals surface area (Å²) >= 11 is 0. The summed E-state index contributed by atoms with van der Waals surface area (Å²) in [5.41, 5.74) is 2.43. The van der Waals surface area contributed by atoms with E-state index < -0.39 is 23.8 Å². The maximum atomic E-state index is 11.8. The summed E-state index contributed by atoms with van der Waals surface area (Å²) in [6.45, 7) is 10.7. The van der Waals surface area contributed by atoms with Crippen LogP contribution in [0.4, 0.5) is 0 Å². The van der Waals surface area contributed by atoms with Gasteiger partial charge in [-0.3, -0.25) is 4.79 Å². The summed E-state index contributed by atoms with van der Waals surface area (Å²) in [5, 5.41) is 30.2. The number of carbonyl (C=O) groups excluding carboxylic acids is 1. The van der Waals surface area contributed by atoms with Crippen LogP contribution >= 0.6 is 0 Å². The topological polar surface area (TPSA) is 87.0 Å². The lowest BCUT2D eigenvalue weighted by Gasteiger charge is -2.18. The fourth-order valence-corrected chi connectivity index (χ4v) is 2.91. The summed E-state index contributed by atoms with van der Waals surface area (Å²) in [6, 6.07) is 0. The van der Waals surface area contributed by atoms with Crippen LogP contribution in [0, 0.1) is 5.92 Å². The number of aliphatic hydroxyl groups is 3. The first-order chi connectivity index (χ1) is 12.5. The predicted octanol–water partition coefficient (Wildman–Crippen LogP) is 3.57. The Balaban J connectivity index is 2.50. The van der Waals surface area contributed by atoms with Gasteiger partial charge >= 0.3 is 0 Å². The second-order valence-corrected chi connectivity index (χ2v) is 7.59. The lowest BCUT2D eigenvalue weighted by Crippen LogP contribution is -2.32. The molecule has 4 atom stereocenters. The molecule has 27 heavy (non-hydrogen) atoms. The number of allylic oxidation sites excluding steroid dienone is 4. The molecule has 1 heterocycles. The summed E-state index contributed by atoms with van der Waals surface area (Å²) < 4.78 is 5.26. The second-order valence-electron chi connectivity index (χ2n) is 7.59. The number of carbonyl (C=O) groups is 1. The third-order valence-corrected chi connectivity index (χ3v) is 5.01. The molecule has 1 aliphatic rings. The number of hydrogen-bond acceptors (Lipinski definition) is 5. The SMILES string of the molecule is C/C=C(\C)[C@H](O)[C@H](C)/C=C/C=C(\C)CC[C@@H](O)CC1=C(C)C(=O)[C@@](C)(O)O1. The van der Waals surface area contributed by atoms with E-state index in [4.69, 9.17) is 4.74 Å². The molecule has 0 unspecified atom stereocenters. The van der Waals surface area contributed by atoms with Crippen molar-refractivity contribution in [3.05, 3.63) is 46.8 Å². The predicted molar refractivity (Wildman–Crippen MR) is 107 cm³/mol. The number of Topliss-reactive ketones (excluding diaryl/α,β-unsaturated/α-hetero) is 1. The molecule has 0 aromatic carbocycles.